The summed E-state index contributed by atoms with van der Waals surface area (Å²) < 4.78 is 0. The number of rotatable bonds is 8. The quantitative estimate of drug-likeness (QED) is 0.158. The van der Waals surface area contributed by atoms with Gasteiger partial charge in [0.2, 0.25) is 0 Å². The van der Waals surface area contributed by atoms with Crippen molar-refractivity contribution < 1.29 is 0 Å². The van der Waals surface area contributed by atoms with E-state index in [1.165, 1.54) is 51.9 Å². The maximum absolute atomic E-state index is 2.45. The van der Waals surface area contributed by atoms with Gasteiger partial charge in [-0.15, -0.1) is 0 Å². The zero-order valence-electron chi connectivity index (χ0n) is 30.6. The Morgan fingerprint density at radius 3 is 1.50 bits per heavy atom. The van der Waals surface area contributed by atoms with Crippen LogP contribution in [0.25, 0.3) is 22.3 Å². The first-order valence-corrected chi connectivity index (χ1v) is 18.5. The largest absolute Gasteiger partial charge is 0.310 e. The minimum atomic E-state index is 0.132. The van der Waals surface area contributed by atoms with E-state index in [0.29, 0.717) is 0 Å². The molecule has 0 N–H and O–H groups in total. The number of hydrogen-bond donors (Lipinski definition) is 0. The number of hydrogen-bond acceptors (Lipinski definition) is 2. The fourth-order valence-corrected chi connectivity index (χ4v) is 7.90. The number of nitrogens with zero attached hydrogens (tertiary/aromatic N) is 2. The molecule has 52 heavy (non-hydrogen) atoms. The lowest BCUT2D eigenvalue weighted by Crippen LogP contribution is -2.34. The van der Waals surface area contributed by atoms with Crippen LogP contribution in [0.1, 0.15) is 51.7 Å². The Labute approximate surface area is 309 Å². The van der Waals surface area contributed by atoms with Crippen molar-refractivity contribution in [3.63, 3.8) is 0 Å². The van der Waals surface area contributed by atoms with Crippen LogP contribution in [0.15, 0.2) is 182 Å². The Hall–Kier alpha value is -5.86. The lowest BCUT2D eigenvalue weighted by Gasteiger charge is -2.42. The van der Waals surface area contributed by atoms with Gasteiger partial charge in [-0.3, -0.25) is 0 Å². The maximum Gasteiger partial charge on any atom is 0.0540 e. The van der Waals surface area contributed by atoms with Gasteiger partial charge in [0.25, 0.3) is 0 Å². The molecule has 0 aromatic heterocycles. The van der Waals surface area contributed by atoms with Crippen LogP contribution in [-0.2, 0) is 10.8 Å². The van der Waals surface area contributed by atoms with E-state index in [4.69, 9.17) is 0 Å². The summed E-state index contributed by atoms with van der Waals surface area (Å²) in [6.07, 6.45) is 2.40. The Morgan fingerprint density at radius 1 is 0.346 bits per heavy atom. The molecule has 0 atom stereocenters. The van der Waals surface area contributed by atoms with Gasteiger partial charge in [-0.2, -0.15) is 0 Å². The highest BCUT2D eigenvalue weighted by Gasteiger charge is 2.37. The summed E-state index contributed by atoms with van der Waals surface area (Å²) in [5, 5.41) is 0. The summed E-state index contributed by atoms with van der Waals surface area (Å²) in [5.74, 6) is 0. The van der Waals surface area contributed by atoms with Crippen LogP contribution in [0, 0.1) is 0 Å². The van der Waals surface area contributed by atoms with Gasteiger partial charge in [-0.1, -0.05) is 143 Å². The molecule has 0 aliphatic heterocycles. The second-order valence-corrected chi connectivity index (χ2v) is 15.3. The molecule has 0 bridgehead atoms. The number of benzene rings is 7. The van der Waals surface area contributed by atoms with Gasteiger partial charge in [0.15, 0.2) is 0 Å². The lowest BCUT2D eigenvalue weighted by atomic mass is 9.63. The molecule has 0 fully saturated rings. The Kier molecular flexibility index (Phi) is 8.77. The highest BCUT2D eigenvalue weighted by Crippen LogP contribution is 2.48. The highest BCUT2D eigenvalue weighted by molar-refractivity contribution is 5.89. The average molecular weight is 675 g/mol. The molecule has 1 aliphatic carbocycles. The molecule has 0 spiro atoms. The van der Waals surface area contributed by atoms with Gasteiger partial charge in [0.1, 0.15) is 0 Å². The Morgan fingerprint density at radius 2 is 0.827 bits per heavy atom. The van der Waals surface area contributed by atoms with Crippen molar-refractivity contribution in [1.29, 1.82) is 0 Å². The first kappa shape index (κ1) is 33.3. The van der Waals surface area contributed by atoms with Gasteiger partial charge in [0, 0.05) is 34.0 Å². The molecular formula is C50H46N2. The molecule has 8 rings (SSSR count). The molecule has 7 aromatic carbocycles. The fourth-order valence-electron chi connectivity index (χ4n) is 7.90. The predicted octanol–water partition coefficient (Wildman–Crippen LogP) is 14.3. The standard InChI is InChI=1S/C50H46N2/c1-49(2)33-34-50(3,4)47-36-44(31-32-46(47)49)51(40-20-10-6-11-21-40)42-29-27-37(28-30-42)39-19-16-24-43(35-39)52(41-22-12-7-13-23-41)48-26-15-14-25-45(48)38-17-8-5-9-18-38/h5-32,35-36H,33-34H2,1-4H3. The Balaban J connectivity index is 1.19. The molecule has 1 aliphatic rings. The molecule has 0 unspecified atom stereocenters. The lowest BCUT2D eigenvalue weighted by molar-refractivity contribution is 0.332. The maximum atomic E-state index is 2.45. The molecule has 0 saturated heterocycles. The minimum Gasteiger partial charge on any atom is -0.310 e. The van der Waals surface area contributed by atoms with E-state index in [1.807, 2.05) is 0 Å². The van der Waals surface area contributed by atoms with Gasteiger partial charge in [0.05, 0.1) is 5.69 Å². The number of fused-ring (bicyclic) bond motifs is 1. The van der Waals surface area contributed by atoms with Crippen molar-refractivity contribution in [3.05, 3.63) is 193 Å². The third-order valence-electron chi connectivity index (χ3n) is 10.9. The monoisotopic (exact) mass is 674 g/mol. The van der Waals surface area contributed by atoms with E-state index < -0.39 is 0 Å². The number of anilines is 6. The van der Waals surface area contributed by atoms with Crippen LogP contribution in [-0.4, -0.2) is 0 Å². The Bertz CT molecular complexity index is 2290. The van der Waals surface area contributed by atoms with Crippen LogP contribution in [0.4, 0.5) is 34.1 Å². The average Bonchev–Trinajstić information content (AvgIpc) is 3.19. The van der Waals surface area contributed by atoms with Crippen molar-refractivity contribution in [2.75, 3.05) is 9.80 Å². The van der Waals surface area contributed by atoms with Crippen molar-refractivity contribution in [1.82, 2.24) is 0 Å². The zero-order chi connectivity index (χ0) is 35.7. The summed E-state index contributed by atoms with van der Waals surface area (Å²) in [6.45, 7) is 9.59. The van der Waals surface area contributed by atoms with Gasteiger partial charge in [-0.25, -0.2) is 0 Å². The van der Waals surface area contributed by atoms with Gasteiger partial charge in [-0.05, 0) is 118 Å². The van der Waals surface area contributed by atoms with Crippen LogP contribution in [0.5, 0.6) is 0 Å². The van der Waals surface area contributed by atoms with Crippen LogP contribution < -0.4 is 9.80 Å². The summed E-state index contributed by atoms with van der Waals surface area (Å²) >= 11 is 0. The second kappa shape index (κ2) is 13.7. The SMILES string of the molecule is CC1(C)CCC(C)(C)c2cc(N(c3ccccc3)c3ccc(-c4cccc(N(c5ccccc5)c5ccccc5-c5ccccc5)c4)cc3)ccc21. The molecule has 2 nitrogen and oxygen atoms in total. The molecule has 2 heteroatoms. The third kappa shape index (κ3) is 6.42. The first-order chi connectivity index (χ1) is 25.3. The fraction of sp³-hybridized carbons (Fsp3) is 0.160. The van der Waals surface area contributed by atoms with Crippen LogP contribution in [0.3, 0.4) is 0 Å². The smallest absolute Gasteiger partial charge is 0.0540 e. The van der Waals surface area contributed by atoms with Crippen molar-refractivity contribution in [2.24, 2.45) is 0 Å². The van der Waals surface area contributed by atoms with Crippen molar-refractivity contribution in [3.8, 4) is 22.3 Å². The molecule has 0 amide bonds. The second-order valence-electron chi connectivity index (χ2n) is 15.3. The highest BCUT2D eigenvalue weighted by atomic mass is 15.1. The molecule has 0 radical (unpaired) electrons. The van der Waals surface area contributed by atoms with Crippen LogP contribution >= 0.6 is 0 Å². The molecular weight excluding hydrogens is 629 g/mol. The topological polar surface area (TPSA) is 6.48 Å². The minimum absolute atomic E-state index is 0.132. The zero-order valence-corrected chi connectivity index (χ0v) is 30.6. The van der Waals surface area contributed by atoms with E-state index in [-0.39, 0.29) is 10.8 Å². The first-order valence-electron chi connectivity index (χ1n) is 18.5. The summed E-state index contributed by atoms with van der Waals surface area (Å²) in [5.41, 5.74) is 14.9. The molecule has 0 saturated carbocycles. The third-order valence-corrected chi connectivity index (χ3v) is 10.9. The van der Waals surface area contributed by atoms with Crippen molar-refractivity contribution >= 4 is 34.1 Å². The molecule has 7 aromatic rings. The normalized spacial score (nSPS) is 14.3. The van der Waals surface area contributed by atoms with E-state index >= 15 is 0 Å². The predicted molar refractivity (Wildman–Crippen MR) is 222 cm³/mol. The summed E-state index contributed by atoms with van der Waals surface area (Å²) in [7, 11) is 0. The van der Waals surface area contributed by atoms with Gasteiger partial charge < -0.3 is 9.80 Å². The van der Waals surface area contributed by atoms with E-state index in [0.717, 1.165) is 28.4 Å². The van der Waals surface area contributed by atoms with E-state index in [2.05, 4.69) is 219 Å². The molecule has 0 heterocycles. The van der Waals surface area contributed by atoms with E-state index in [9.17, 15) is 0 Å². The molecule has 256 valence electrons. The van der Waals surface area contributed by atoms with Crippen LogP contribution in [0.2, 0.25) is 0 Å². The number of para-hydroxylation sites is 3. The van der Waals surface area contributed by atoms with E-state index in [1.54, 1.807) is 0 Å². The summed E-state index contributed by atoms with van der Waals surface area (Å²) in [6, 6.07) is 65.9. The van der Waals surface area contributed by atoms with Crippen molar-refractivity contribution in [2.45, 2.75) is 51.4 Å². The van der Waals surface area contributed by atoms with Gasteiger partial charge >= 0.3 is 0 Å². The summed E-state index contributed by atoms with van der Waals surface area (Å²) in [4.78, 5) is 4.77.